The number of aromatic nitrogens is 3. The van der Waals surface area contributed by atoms with Gasteiger partial charge in [-0.3, -0.25) is 0 Å². The number of methoxy groups -OCH3 is 1. The van der Waals surface area contributed by atoms with Gasteiger partial charge in [-0.2, -0.15) is 19.7 Å². The zero-order valence-electron chi connectivity index (χ0n) is 13.8. The van der Waals surface area contributed by atoms with E-state index in [4.69, 9.17) is 4.74 Å². The Balaban J connectivity index is 1.74. The standard InChI is InChI=1S/C16H22N4O3S/c1-3-12-4-6-13(7-5-12)11-24(21,22)20-9-14(16(10-20)23-2)15-8-17-19-18-15/h4-8,14,16H,3,9-11H2,1-2H3,(H,17,18,19)/t14-,16+/m0/s1. The summed E-state index contributed by atoms with van der Waals surface area (Å²) in [6.45, 7) is 2.77. The van der Waals surface area contributed by atoms with Crippen LogP contribution in [-0.4, -0.2) is 54.4 Å². The molecule has 1 fully saturated rings. The molecule has 0 saturated carbocycles. The van der Waals surface area contributed by atoms with E-state index in [-0.39, 0.29) is 17.8 Å². The van der Waals surface area contributed by atoms with Crippen LogP contribution in [0.1, 0.15) is 29.7 Å². The molecule has 1 N–H and O–H groups in total. The molecule has 8 heteroatoms. The number of sulfonamides is 1. The van der Waals surface area contributed by atoms with Gasteiger partial charge in [0.25, 0.3) is 0 Å². The molecular formula is C16H22N4O3S. The molecule has 1 aromatic carbocycles. The van der Waals surface area contributed by atoms with E-state index in [2.05, 4.69) is 22.3 Å². The van der Waals surface area contributed by atoms with Crippen molar-refractivity contribution in [1.29, 1.82) is 0 Å². The zero-order valence-corrected chi connectivity index (χ0v) is 14.7. The molecule has 0 amide bonds. The molecular weight excluding hydrogens is 328 g/mol. The number of rotatable bonds is 6. The van der Waals surface area contributed by atoms with Crippen LogP contribution in [0.15, 0.2) is 30.5 Å². The lowest BCUT2D eigenvalue weighted by Crippen LogP contribution is -2.31. The molecule has 1 aliphatic heterocycles. The van der Waals surface area contributed by atoms with E-state index in [0.717, 1.165) is 17.7 Å². The molecule has 1 aliphatic rings. The van der Waals surface area contributed by atoms with Gasteiger partial charge in [0, 0.05) is 26.1 Å². The fourth-order valence-electron chi connectivity index (χ4n) is 3.05. The first-order chi connectivity index (χ1) is 11.5. The van der Waals surface area contributed by atoms with Gasteiger partial charge in [0.2, 0.25) is 10.0 Å². The Morgan fingerprint density at radius 3 is 2.54 bits per heavy atom. The van der Waals surface area contributed by atoms with Gasteiger partial charge in [-0.25, -0.2) is 8.42 Å². The molecule has 0 spiro atoms. The SMILES string of the molecule is CCc1ccc(CS(=O)(=O)N2C[C@@H](OC)[C@H](c3cn[nH]n3)C2)cc1. The maximum absolute atomic E-state index is 12.8. The first-order valence-corrected chi connectivity index (χ1v) is 9.58. The van der Waals surface area contributed by atoms with Crippen LogP contribution in [-0.2, 0) is 26.9 Å². The van der Waals surface area contributed by atoms with Crippen molar-refractivity contribution in [3.8, 4) is 0 Å². The van der Waals surface area contributed by atoms with E-state index >= 15 is 0 Å². The minimum absolute atomic E-state index is 0.00103. The van der Waals surface area contributed by atoms with Gasteiger partial charge in [0.05, 0.1) is 23.7 Å². The summed E-state index contributed by atoms with van der Waals surface area (Å²) in [6, 6.07) is 7.72. The lowest BCUT2D eigenvalue weighted by Gasteiger charge is -2.16. The number of nitrogens with zero attached hydrogens (tertiary/aromatic N) is 3. The second-order valence-electron chi connectivity index (χ2n) is 6.02. The largest absolute Gasteiger partial charge is 0.379 e. The van der Waals surface area contributed by atoms with Gasteiger partial charge in [-0.1, -0.05) is 31.2 Å². The van der Waals surface area contributed by atoms with Crippen LogP contribution >= 0.6 is 0 Å². The van der Waals surface area contributed by atoms with Crippen LogP contribution in [0.5, 0.6) is 0 Å². The lowest BCUT2D eigenvalue weighted by molar-refractivity contribution is 0.101. The lowest BCUT2D eigenvalue weighted by atomic mass is 10.0. The number of ether oxygens (including phenoxy) is 1. The quantitative estimate of drug-likeness (QED) is 0.849. The average molecular weight is 350 g/mol. The van der Waals surface area contributed by atoms with Crippen molar-refractivity contribution in [2.24, 2.45) is 0 Å². The van der Waals surface area contributed by atoms with Crippen LogP contribution in [0.3, 0.4) is 0 Å². The third-order valence-corrected chi connectivity index (χ3v) is 6.31. The molecule has 2 aromatic rings. The Labute approximate surface area is 142 Å². The fraction of sp³-hybridized carbons (Fsp3) is 0.500. The summed E-state index contributed by atoms with van der Waals surface area (Å²) < 4.78 is 32.5. The first kappa shape index (κ1) is 17.1. The second kappa shape index (κ2) is 7.00. The molecule has 7 nitrogen and oxygen atoms in total. The van der Waals surface area contributed by atoms with Crippen molar-refractivity contribution >= 4 is 10.0 Å². The first-order valence-electron chi connectivity index (χ1n) is 7.97. The zero-order chi connectivity index (χ0) is 17.2. The molecule has 2 atom stereocenters. The van der Waals surface area contributed by atoms with Crippen molar-refractivity contribution in [3.63, 3.8) is 0 Å². The van der Waals surface area contributed by atoms with Gasteiger partial charge < -0.3 is 4.74 Å². The van der Waals surface area contributed by atoms with E-state index < -0.39 is 10.0 Å². The highest BCUT2D eigenvalue weighted by atomic mass is 32.2. The predicted octanol–water partition coefficient (Wildman–Crippen LogP) is 1.31. The molecule has 3 rings (SSSR count). The Morgan fingerprint density at radius 2 is 1.96 bits per heavy atom. The molecule has 24 heavy (non-hydrogen) atoms. The van der Waals surface area contributed by atoms with Crippen LogP contribution in [0.4, 0.5) is 0 Å². The highest BCUT2D eigenvalue weighted by molar-refractivity contribution is 7.88. The van der Waals surface area contributed by atoms with Crippen molar-refractivity contribution in [3.05, 3.63) is 47.3 Å². The molecule has 0 bridgehead atoms. The molecule has 1 saturated heterocycles. The Hall–Kier alpha value is -1.77. The molecule has 0 unspecified atom stereocenters. The number of benzene rings is 1. The summed E-state index contributed by atoms with van der Waals surface area (Å²) in [4.78, 5) is 0. The van der Waals surface area contributed by atoms with E-state index in [1.54, 1.807) is 13.3 Å². The highest BCUT2D eigenvalue weighted by Gasteiger charge is 2.40. The number of aromatic amines is 1. The molecule has 0 aliphatic carbocycles. The van der Waals surface area contributed by atoms with E-state index in [0.29, 0.717) is 13.1 Å². The smallest absolute Gasteiger partial charge is 0.218 e. The van der Waals surface area contributed by atoms with Gasteiger partial charge in [0.1, 0.15) is 0 Å². The predicted molar refractivity (Wildman–Crippen MR) is 89.9 cm³/mol. The van der Waals surface area contributed by atoms with Crippen LogP contribution < -0.4 is 0 Å². The van der Waals surface area contributed by atoms with Gasteiger partial charge in [-0.15, -0.1) is 0 Å². The van der Waals surface area contributed by atoms with Crippen molar-refractivity contribution in [2.75, 3.05) is 20.2 Å². The summed E-state index contributed by atoms with van der Waals surface area (Å²) in [5.74, 6) is -0.107. The number of hydrogen-bond acceptors (Lipinski definition) is 5. The Bertz CT molecular complexity index is 759. The molecule has 2 heterocycles. The number of hydrogen-bond donors (Lipinski definition) is 1. The van der Waals surface area contributed by atoms with E-state index in [1.807, 2.05) is 24.3 Å². The summed E-state index contributed by atoms with van der Waals surface area (Å²) in [6.07, 6.45) is 2.34. The third kappa shape index (κ3) is 3.50. The van der Waals surface area contributed by atoms with Gasteiger partial charge >= 0.3 is 0 Å². The van der Waals surface area contributed by atoms with Crippen molar-refractivity contribution in [1.82, 2.24) is 19.7 Å². The summed E-state index contributed by atoms with van der Waals surface area (Å²) >= 11 is 0. The minimum Gasteiger partial charge on any atom is -0.379 e. The molecule has 130 valence electrons. The van der Waals surface area contributed by atoms with E-state index in [1.165, 1.54) is 9.87 Å². The summed E-state index contributed by atoms with van der Waals surface area (Å²) in [7, 11) is -1.81. The number of H-pyrrole nitrogens is 1. The number of nitrogens with one attached hydrogen (secondary N) is 1. The normalized spacial score (nSPS) is 22.1. The van der Waals surface area contributed by atoms with Gasteiger partial charge in [-0.05, 0) is 17.5 Å². The summed E-state index contributed by atoms with van der Waals surface area (Å²) in [5, 5.41) is 10.5. The van der Waals surface area contributed by atoms with Gasteiger partial charge in [0.15, 0.2) is 0 Å². The highest BCUT2D eigenvalue weighted by Crippen LogP contribution is 2.30. The Kier molecular flexibility index (Phi) is 4.98. The topological polar surface area (TPSA) is 88.2 Å². The minimum atomic E-state index is -3.40. The van der Waals surface area contributed by atoms with Crippen LogP contribution in [0, 0.1) is 0 Å². The second-order valence-corrected chi connectivity index (χ2v) is 7.99. The van der Waals surface area contributed by atoms with E-state index in [9.17, 15) is 8.42 Å². The third-order valence-electron chi connectivity index (χ3n) is 4.52. The monoisotopic (exact) mass is 350 g/mol. The fourth-order valence-corrected chi connectivity index (χ4v) is 4.61. The Morgan fingerprint density at radius 1 is 1.25 bits per heavy atom. The molecule has 0 radical (unpaired) electrons. The average Bonchev–Trinajstić information content (AvgIpc) is 3.24. The number of aryl methyl sites for hydroxylation is 1. The van der Waals surface area contributed by atoms with Crippen molar-refractivity contribution < 1.29 is 13.2 Å². The van der Waals surface area contributed by atoms with Crippen LogP contribution in [0.25, 0.3) is 0 Å². The maximum Gasteiger partial charge on any atom is 0.218 e. The molecule has 1 aromatic heterocycles. The van der Waals surface area contributed by atoms with Crippen molar-refractivity contribution in [2.45, 2.75) is 31.1 Å². The maximum atomic E-state index is 12.8. The summed E-state index contributed by atoms with van der Waals surface area (Å²) in [5.41, 5.74) is 2.72. The van der Waals surface area contributed by atoms with Crippen LogP contribution in [0.2, 0.25) is 0 Å².